The highest BCUT2D eigenvalue weighted by Crippen LogP contribution is 2.34. The molecule has 0 radical (unpaired) electrons. The van der Waals surface area contributed by atoms with Crippen LogP contribution in [0.1, 0.15) is 22.2 Å². The lowest BCUT2D eigenvalue weighted by Gasteiger charge is -2.35. The zero-order chi connectivity index (χ0) is 22.8. The van der Waals surface area contributed by atoms with Gasteiger partial charge in [-0.25, -0.2) is 18.7 Å². The molecule has 1 saturated heterocycles. The standard InChI is InChI=1S/C21H20F2N4O3S2/c1-2-15-10-16-18(24-21(25-19(16)32-15)31-11-17(28)29)26-3-5-27(6-4-26)20(30)12-7-13(22)9-14(23)8-12/h7-10H,2-6,11H2,1H3,(H,28,29). The summed E-state index contributed by atoms with van der Waals surface area (Å²) in [6.45, 7) is 3.75. The van der Waals surface area contributed by atoms with E-state index in [0.717, 1.165) is 51.5 Å². The SMILES string of the molecule is CCc1cc2c(N3CCN(C(=O)c4cc(F)cc(F)c4)CC3)nc(SCC(=O)O)nc2s1. The van der Waals surface area contributed by atoms with Crippen LogP contribution in [0.2, 0.25) is 0 Å². The summed E-state index contributed by atoms with van der Waals surface area (Å²) >= 11 is 2.62. The first kappa shape index (κ1) is 22.4. The first-order chi connectivity index (χ1) is 15.3. The molecule has 1 aromatic carbocycles. The van der Waals surface area contributed by atoms with Gasteiger partial charge in [0.15, 0.2) is 5.16 Å². The molecular formula is C21H20F2N4O3S2. The molecule has 1 amide bonds. The molecule has 1 fully saturated rings. The Hall–Kier alpha value is -2.79. The van der Waals surface area contributed by atoms with E-state index in [1.165, 1.54) is 0 Å². The fourth-order valence-corrected chi connectivity index (χ4v) is 5.10. The van der Waals surface area contributed by atoms with Crippen molar-refractivity contribution in [2.75, 3.05) is 36.8 Å². The molecule has 2 aromatic heterocycles. The Bertz CT molecular complexity index is 1160. The number of aryl methyl sites for hydroxylation is 1. The van der Waals surface area contributed by atoms with Crippen LogP contribution in [0.5, 0.6) is 0 Å². The van der Waals surface area contributed by atoms with Gasteiger partial charge < -0.3 is 14.9 Å². The summed E-state index contributed by atoms with van der Waals surface area (Å²) < 4.78 is 27.0. The van der Waals surface area contributed by atoms with Crippen LogP contribution in [0.4, 0.5) is 14.6 Å². The summed E-state index contributed by atoms with van der Waals surface area (Å²) in [4.78, 5) is 38.3. The van der Waals surface area contributed by atoms with E-state index < -0.39 is 23.5 Å². The number of fused-ring (bicyclic) bond motifs is 1. The van der Waals surface area contributed by atoms with Gasteiger partial charge in [-0.05, 0) is 24.6 Å². The molecule has 0 spiro atoms. The monoisotopic (exact) mass is 478 g/mol. The number of rotatable bonds is 6. The topological polar surface area (TPSA) is 86.6 Å². The summed E-state index contributed by atoms with van der Waals surface area (Å²) in [6, 6.07) is 4.86. The number of piperazine rings is 1. The van der Waals surface area contributed by atoms with E-state index in [1.54, 1.807) is 16.2 Å². The Labute approximate surface area is 191 Å². The van der Waals surface area contributed by atoms with Crippen LogP contribution >= 0.6 is 23.1 Å². The maximum absolute atomic E-state index is 13.5. The van der Waals surface area contributed by atoms with Gasteiger partial charge in [0.1, 0.15) is 22.3 Å². The zero-order valence-corrected chi connectivity index (χ0v) is 18.8. The predicted octanol–water partition coefficient (Wildman–Crippen LogP) is 3.67. The second-order valence-corrected chi connectivity index (χ2v) is 9.29. The Kier molecular flexibility index (Phi) is 6.56. The Morgan fingerprint density at radius 3 is 2.41 bits per heavy atom. The molecule has 0 unspecified atom stereocenters. The lowest BCUT2D eigenvalue weighted by molar-refractivity contribution is -0.133. The summed E-state index contributed by atoms with van der Waals surface area (Å²) in [5.41, 5.74) is -0.0156. The number of carbonyl (C=O) groups is 2. The largest absolute Gasteiger partial charge is 0.481 e. The number of carbonyl (C=O) groups excluding carboxylic acids is 1. The Morgan fingerprint density at radius 1 is 1.09 bits per heavy atom. The predicted molar refractivity (Wildman–Crippen MR) is 120 cm³/mol. The summed E-state index contributed by atoms with van der Waals surface area (Å²) in [6.07, 6.45) is 0.852. The van der Waals surface area contributed by atoms with Crippen molar-refractivity contribution in [3.63, 3.8) is 0 Å². The maximum Gasteiger partial charge on any atom is 0.313 e. The summed E-state index contributed by atoms with van der Waals surface area (Å²) in [5.74, 6) is -2.36. The zero-order valence-electron chi connectivity index (χ0n) is 17.2. The van der Waals surface area contributed by atoms with Crippen molar-refractivity contribution in [2.24, 2.45) is 0 Å². The quantitative estimate of drug-likeness (QED) is 0.427. The van der Waals surface area contributed by atoms with Gasteiger partial charge in [-0.2, -0.15) is 0 Å². The number of amides is 1. The Balaban J connectivity index is 1.55. The van der Waals surface area contributed by atoms with Crippen molar-refractivity contribution in [3.8, 4) is 0 Å². The van der Waals surface area contributed by atoms with Crippen LogP contribution in [0, 0.1) is 11.6 Å². The van der Waals surface area contributed by atoms with Gasteiger partial charge in [-0.15, -0.1) is 11.3 Å². The number of aliphatic carboxylic acids is 1. The van der Waals surface area contributed by atoms with E-state index in [2.05, 4.69) is 16.9 Å². The lowest BCUT2D eigenvalue weighted by Crippen LogP contribution is -2.49. The summed E-state index contributed by atoms with van der Waals surface area (Å²) in [5, 5.41) is 10.3. The normalized spacial score (nSPS) is 14.2. The number of halogens is 2. The van der Waals surface area contributed by atoms with Crippen LogP contribution in [0.3, 0.4) is 0 Å². The van der Waals surface area contributed by atoms with Gasteiger partial charge in [0, 0.05) is 42.7 Å². The van der Waals surface area contributed by atoms with Gasteiger partial charge in [0.2, 0.25) is 0 Å². The molecular weight excluding hydrogens is 458 g/mol. The average Bonchev–Trinajstić information content (AvgIpc) is 3.19. The van der Waals surface area contributed by atoms with E-state index in [1.807, 2.05) is 11.0 Å². The van der Waals surface area contributed by atoms with E-state index in [4.69, 9.17) is 5.11 Å². The first-order valence-electron chi connectivity index (χ1n) is 9.99. The van der Waals surface area contributed by atoms with Crippen LogP contribution < -0.4 is 4.90 Å². The molecule has 0 aliphatic carbocycles. The second kappa shape index (κ2) is 9.37. The third-order valence-electron chi connectivity index (χ3n) is 5.05. The van der Waals surface area contributed by atoms with Gasteiger partial charge in [-0.1, -0.05) is 18.7 Å². The van der Waals surface area contributed by atoms with Crippen LogP contribution in [0.25, 0.3) is 10.2 Å². The first-order valence-corrected chi connectivity index (χ1v) is 11.8. The molecule has 3 heterocycles. The molecule has 4 rings (SSSR count). The fourth-order valence-electron chi connectivity index (χ4n) is 3.52. The number of hydrogen-bond acceptors (Lipinski definition) is 7. The third kappa shape index (κ3) is 4.83. The molecule has 11 heteroatoms. The number of benzene rings is 1. The van der Waals surface area contributed by atoms with E-state index in [9.17, 15) is 18.4 Å². The fraction of sp³-hybridized carbons (Fsp3) is 0.333. The molecule has 32 heavy (non-hydrogen) atoms. The highest BCUT2D eigenvalue weighted by molar-refractivity contribution is 7.99. The number of thiophene rings is 1. The van der Waals surface area contributed by atoms with Crippen LogP contribution in [-0.4, -0.2) is 63.8 Å². The average molecular weight is 479 g/mol. The van der Waals surface area contributed by atoms with Crippen molar-refractivity contribution in [3.05, 3.63) is 46.3 Å². The highest BCUT2D eigenvalue weighted by atomic mass is 32.2. The van der Waals surface area contributed by atoms with Gasteiger partial charge in [0.05, 0.1) is 11.1 Å². The number of carboxylic acids is 1. The van der Waals surface area contributed by atoms with Crippen molar-refractivity contribution in [1.29, 1.82) is 0 Å². The van der Waals surface area contributed by atoms with E-state index >= 15 is 0 Å². The number of nitrogens with zero attached hydrogens (tertiary/aromatic N) is 4. The minimum Gasteiger partial charge on any atom is -0.481 e. The van der Waals surface area contributed by atoms with Crippen molar-refractivity contribution >= 4 is 51.0 Å². The van der Waals surface area contributed by atoms with Gasteiger partial charge in [-0.3, -0.25) is 9.59 Å². The van der Waals surface area contributed by atoms with Crippen molar-refractivity contribution in [1.82, 2.24) is 14.9 Å². The number of carboxylic acid groups (broad SMARTS) is 1. The number of anilines is 1. The Morgan fingerprint density at radius 2 is 1.78 bits per heavy atom. The summed E-state index contributed by atoms with van der Waals surface area (Å²) in [7, 11) is 0. The molecule has 1 aliphatic heterocycles. The van der Waals surface area contributed by atoms with Crippen LogP contribution in [0.15, 0.2) is 29.4 Å². The third-order valence-corrected chi connectivity index (χ3v) is 7.06. The van der Waals surface area contributed by atoms with Gasteiger partial charge >= 0.3 is 5.97 Å². The number of hydrogen-bond donors (Lipinski definition) is 1. The van der Waals surface area contributed by atoms with Crippen molar-refractivity contribution in [2.45, 2.75) is 18.5 Å². The van der Waals surface area contributed by atoms with Crippen molar-refractivity contribution < 1.29 is 23.5 Å². The molecule has 0 atom stereocenters. The lowest BCUT2D eigenvalue weighted by atomic mass is 10.1. The highest BCUT2D eigenvalue weighted by Gasteiger charge is 2.26. The molecule has 7 nitrogen and oxygen atoms in total. The number of thioether (sulfide) groups is 1. The maximum atomic E-state index is 13.5. The van der Waals surface area contributed by atoms with E-state index in [0.29, 0.717) is 37.2 Å². The molecule has 3 aromatic rings. The van der Waals surface area contributed by atoms with E-state index in [-0.39, 0.29) is 11.3 Å². The molecule has 0 saturated carbocycles. The number of aromatic nitrogens is 2. The molecule has 1 N–H and O–H groups in total. The molecule has 1 aliphatic rings. The molecule has 168 valence electrons. The minimum atomic E-state index is -0.943. The van der Waals surface area contributed by atoms with Crippen LogP contribution in [-0.2, 0) is 11.2 Å². The second-order valence-electron chi connectivity index (χ2n) is 7.23. The van der Waals surface area contributed by atoms with Gasteiger partial charge in [0.25, 0.3) is 5.91 Å². The molecule has 0 bridgehead atoms. The minimum absolute atomic E-state index is 0.0156. The smallest absolute Gasteiger partial charge is 0.313 e.